The Morgan fingerprint density at radius 1 is 0.844 bits per heavy atom. The summed E-state index contributed by atoms with van der Waals surface area (Å²) in [5.74, 6) is -0.916. The second kappa shape index (κ2) is 8.52. The molecule has 0 bridgehead atoms. The van der Waals surface area contributed by atoms with E-state index < -0.39 is 5.97 Å². The molecule has 32 heavy (non-hydrogen) atoms. The van der Waals surface area contributed by atoms with Crippen LogP contribution < -0.4 is 0 Å². The van der Waals surface area contributed by atoms with Crippen LogP contribution in [0.15, 0.2) is 104 Å². The number of carbonyl (C=O) groups is 1. The molecule has 4 heteroatoms. The van der Waals surface area contributed by atoms with Crippen LogP contribution in [-0.2, 0) is 13.0 Å². The first kappa shape index (κ1) is 19.8. The molecule has 2 aromatic heterocycles. The van der Waals surface area contributed by atoms with Gasteiger partial charge in [-0.2, -0.15) is 0 Å². The third-order valence-electron chi connectivity index (χ3n) is 5.76. The quantitative estimate of drug-likeness (QED) is 0.366. The van der Waals surface area contributed by atoms with Crippen molar-refractivity contribution in [1.82, 2.24) is 9.55 Å². The minimum Gasteiger partial charge on any atom is -0.478 e. The van der Waals surface area contributed by atoms with E-state index in [4.69, 9.17) is 0 Å². The van der Waals surface area contributed by atoms with Crippen LogP contribution in [0.4, 0.5) is 0 Å². The molecule has 4 nitrogen and oxygen atoms in total. The summed E-state index contributed by atoms with van der Waals surface area (Å²) in [5.41, 5.74) is 6.40. The highest BCUT2D eigenvalue weighted by molar-refractivity contribution is 5.91. The van der Waals surface area contributed by atoms with Gasteiger partial charge >= 0.3 is 5.97 Å². The standard InChI is InChI=1S/C28H22N2O2/c31-28(32)26-17-22(25-7-4-13-29-18-25)9-10-23(26)15-21-8-11-27-24(16-21)12-14-30(27)19-20-5-2-1-3-6-20/h1-14,16-18H,15,19H2,(H,31,32). The average molecular weight is 418 g/mol. The fourth-order valence-corrected chi connectivity index (χ4v) is 4.14. The third-order valence-corrected chi connectivity index (χ3v) is 5.76. The molecule has 3 aromatic carbocycles. The Kier molecular flexibility index (Phi) is 5.26. The molecule has 0 radical (unpaired) electrons. The molecule has 0 unspecified atom stereocenters. The first-order valence-corrected chi connectivity index (χ1v) is 10.6. The first-order chi connectivity index (χ1) is 15.7. The number of hydrogen-bond donors (Lipinski definition) is 1. The van der Waals surface area contributed by atoms with Gasteiger partial charge in [0.1, 0.15) is 0 Å². The number of aromatic nitrogens is 2. The first-order valence-electron chi connectivity index (χ1n) is 10.6. The average Bonchev–Trinajstić information content (AvgIpc) is 3.22. The van der Waals surface area contributed by atoms with E-state index in [9.17, 15) is 9.90 Å². The Bertz CT molecular complexity index is 1390. The normalized spacial score (nSPS) is 11.0. The number of hydrogen-bond acceptors (Lipinski definition) is 2. The van der Waals surface area contributed by atoms with Crippen molar-refractivity contribution in [2.75, 3.05) is 0 Å². The largest absolute Gasteiger partial charge is 0.478 e. The molecule has 0 aliphatic rings. The molecule has 5 aromatic rings. The SMILES string of the molecule is O=C(O)c1cc(-c2cccnc2)ccc1Cc1ccc2c(ccn2Cc2ccccc2)c1. The minimum atomic E-state index is -0.916. The third kappa shape index (κ3) is 4.03. The zero-order valence-corrected chi connectivity index (χ0v) is 17.5. The molecule has 156 valence electrons. The molecule has 2 heterocycles. The highest BCUT2D eigenvalue weighted by Crippen LogP contribution is 2.25. The second-order valence-corrected chi connectivity index (χ2v) is 7.92. The Morgan fingerprint density at radius 2 is 1.72 bits per heavy atom. The number of benzene rings is 3. The predicted octanol–water partition coefficient (Wildman–Crippen LogP) is 6.04. The predicted molar refractivity (Wildman–Crippen MR) is 127 cm³/mol. The number of fused-ring (bicyclic) bond motifs is 1. The van der Waals surface area contributed by atoms with Crippen molar-refractivity contribution >= 4 is 16.9 Å². The Balaban J connectivity index is 1.43. The smallest absolute Gasteiger partial charge is 0.335 e. The topological polar surface area (TPSA) is 55.1 Å². The lowest BCUT2D eigenvalue weighted by Gasteiger charge is -2.10. The summed E-state index contributed by atoms with van der Waals surface area (Å²) in [6.45, 7) is 0.822. The van der Waals surface area contributed by atoms with Crippen molar-refractivity contribution in [3.63, 3.8) is 0 Å². The minimum absolute atomic E-state index is 0.327. The van der Waals surface area contributed by atoms with Crippen molar-refractivity contribution in [2.24, 2.45) is 0 Å². The van der Waals surface area contributed by atoms with E-state index in [1.807, 2.05) is 30.3 Å². The van der Waals surface area contributed by atoms with Gasteiger partial charge in [-0.3, -0.25) is 4.98 Å². The van der Waals surface area contributed by atoms with E-state index in [2.05, 4.69) is 64.3 Å². The van der Waals surface area contributed by atoms with E-state index in [0.717, 1.165) is 34.2 Å². The summed E-state index contributed by atoms with van der Waals surface area (Å²) >= 11 is 0. The van der Waals surface area contributed by atoms with Gasteiger partial charge < -0.3 is 9.67 Å². The van der Waals surface area contributed by atoms with Crippen LogP contribution in [0.5, 0.6) is 0 Å². The van der Waals surface area contributed by atoms with Crippen LogP contribution >= 0.6 is 0 Å². The van der Waals surface area contributed by atoms with Gasteiger partial charge in [0, 0.05) is 36.2 Å². The van der Waals surface area contributed by atoms with Gasteiger partial charge in [-0.1, -0.05) is 54.6 Å². The number of carboxylic acids is 1. The van der Waals surface area contributed by atoms with Crippen molar-refractivity contribution in [3.8, 4) is 11.1 Å². The molecule has 0 saturated carbocycles. The molecule has 0 spiro atoms. The van der Waals surface area contributed by atoms with Crippen LogP contribution in [0.2, 0.25) is 0 Å². The number of aromatic carboxylic acids is 1. The molecule has 5 rings (SSSR count). The van der Waals surface area contributed by atoms with Crippen molar-refractivity contribution in [3.05, 3.63) is 126 Å². The monoisotopic (exact) mass is 418 g/mol. The van der Waals surface area contributed by atoms with E-state index >= 15 is 0 Å². The Hall–Kier alpha value is -4.18. The van der Waals surface area contributed by atoms with Crippen LogP contribution in [0.1, 0.15) is 27.0 Å². The van der Waals surface area contributed by atoms with Crippen LogP contribution in [0.3, 0.4) is 0 Å². The van der Waals surface area contributed by atoms with Gasteiger partial charge in [0.05, 0.1) is 5.56 Å². The molecule has 0 aliphatic carbocycles. The van der Waals surface area contributed by atoms with E-state index in [-0.39, 0.29) is 0 Å². The van der Waals surface area contributed by atoms with E-state index in [0.29, 0.717) is 12.0 Å². The molecule has 0 atom stereocenters. The van der Waals surface area contributed by atoms with Gasteiger partial charge in [0.15, 0.2) is 0 Å². The van der Waals surface area contributed by atoms with Crippen molar-refractivity contribution < 1.29 is 9.90 Å². The van der Waals surface area contributed by atoms with E-state index in [1.54, 1.807) is 18.5 Å². The number of carboxylic acid groups (broad SMARTS) is 1. The molecule has 1 N–H and O–H groups in total. The number of nitrogens with zero attached hydrogens (tertiary/aromatic N) is 2. The number of pyridine rings is 1. The highest BCUT2D eigenvalue weighted by atomic mass is 16.4. The van der Waals surface area contributed by atoms with Crippen LogP contribution in [0.25, 0.3) is 22.0 Å². The van der Waals surface area contributed by atoms with Gasteiger partial charge in [-0.15, -0.1) is 0 Å². The molecule has 0 amide bonds. The van der Waals surface area contributed by atoms with Gasteiger partial charge in [-0.05, 0) is 64.4 Å². The van der Waals surface area contributed by atoms with Gasteiger partial charge in [0.2, 0.25) is 0 Å². The van der Waals surface area contributed by atoms with Crippen LogP contribution in [-0.4, -0.2) is 20.6 Å². The molecule has 0 fully saturated rings. The van der Waals surface area contributed by atoms with Crippen molar-refractivity contribution in [1.29, 1.82) is 0 Å². The molecule has 0 saturated heterocycles. The molecular formula is C28H22N2O2. The Labute approximate surface area is 186 Å². The Morgan fingerprint density at radius 3 is 2.50 bits per heavy atom. The number of rotatable bonds is 6. The molecular weight excluding hydrogens is 396 g/mol. The van der Waals surface area contributed by atoms with Gasteiger partial charge in [0.25, 0.3) is 0 Å². The maximum Gasteiger partial charge on any atom is 0.335 e. The highest BCUT2D eigenvalue weighted by Gasteiger charge is 2.13. The lowest BCUT2D eigenvalue weighted by atomic mass is 9.95. The zero-order valence-electron chi connectivity index (χ0n) is 17.5. The molecule has 0 aliphatic heterocycles. The lowest BCUT2D eigenvalue weighted by Crippen LogP contribution is -2.04. The summed E-state index contributed by atoms with van der Waals surface area (Å²) in [6.07, 6.45) is 6.12. The zero-order chi connectivity index (χ0) is 21.9. The maximum atomic E-state index is 12.0. The lowest BCUT2D eigenvalue weighted by molar-refractivity contribution is 0.0696. The van der Waals surface area contributed by atoms with E-state index in [1.165, 1.54) is 11.1 Å². The maximum absolute atomic E-state index is 12.0. The summed E-state index contributed by atoms with van der Waals surface area (Å²) in [6, 6.07) is 28.3. The summed E-state index contributed by atoms with van der Waals surface area (Å²) < 4.78 is 2.24. The summed E-state index contributed by atoms with van der Waals surface area (Å²) in [4.78, 5) is 16.1. The van der Waals surface area contributed by atoms with Crippen LogP contribution in [0, 0.1) is 0 Å². The second-order valence-electron chi connectivity index (χ2n) is 7.92. The fraction of sp³-hybridized carbons (Fsp3) is 0.0714. The fourth-order valence-electron chi connectivity index (χ4n) is 4.14. The summed E-state index contributed by atoms with van der Waals surface area (Å²) in [7, 11) is 0. The van der Waals surface area contributed by atoms with Gasteiger partial charge in [-0.25, -0.2) is 4.79 Å². The van der Waals surface area contributed by atoms with Crippen molar-refractivity contribution in [2.45, 2.75) is 13.0 Å². The summed E-state index contributed by atoms with van der Waals surface area (Å²) in [5, 5.41) is 11.0.